The zero-order valence-corrected chi connectivity index (χ0v) is 27.0. The lowest BCUT2D eigenvalue weighted by Crippen LogP contribution is -2.54. The number of nitriles is 1. The number of aromatic nitrogens is 5. The molecule has 0 radical (unpaired) electrons. The van der Waals surface area contributed by atoms with Crippen molar-refractivity contribution in [2.75, 3.05) is 56.7 Å². The van der Waals surface area contributed by atoms with Crippen LogP contribution in [0, 0.1) is 29.1 Å². The van der Waals surface area contributed by atoms with Gasteiger partial charge in [0.25, 0.3) is 0 Å². The van der Waals surface area contributed by atoms with Gasteiger partial charge in [-0.1, -0.05) is 11.3 Å². The molecule has 2 atom stereocenters. The number of pyridine rings is 1. The minimum absolute atomic E-state index is 0.139. The van der Waals surface area contributed by atoms with Gasteiger partial charge in [-0.3, -0.25) is 9.78 Å². The van der Waals surface area contributed by atoms with Crippen molar-refractivity contribution in [3.05, 3.63) is 42.2 Å². The summed E-state index contributed by atoms with van der Waals surface area (Å²) in [6.07, 6.45) is 7.59. The first-order chi connectivity index (χ1) is 22.4. The largest absolute Gasteiger partial charge is 0.376 e. The Labute approximate surface area is 271 Å². The molecule has 1 amide bonds. The van der Waals surface area contributed by atoms with Gasteiger partial charge < -0.3 is 25.2 Å². The quantitative estimate of drug-likeness (QED) is 0.309. The van der Waals surface area contributed by atoms with Crippen LogP contribution in [0.15, 0.2) is 36.7 Å². The molecule has 13 heteroatoms. The Morgan fingerprint density at radius 2 is 1.87 bits per heavy atom. The van der Waals surface area contributed by atoms with Crippen molar-refractivity contribution < 1.29 is 9.53 Å². The predicted molar refractivity (Wildman–Crippen MR) is 175 cm³/mol. The number of rotatable bonds is 7. The number of nitrogens with one attached hydrogen (secondary N) is 2. The molecule has 3 aliphatic heterocycles. The summed E-state index contributed by atoms with van der Waals surface area (Å²) in [5, 5.41) is 32.0. The van der Waals surface area contributed by atoms with Gasteiger partial charge in [0, 0.05) is 36.9 Å². The zero-order valence-electron chi connectivity index (χ0n) is 26.1. The van der Waals surface area contributed by atoms with Crippen molar-refractivity contribution in [1.29, 1.82) is 5.26 Å². The van der Waals surface area contributed by atoms with Crippen LogP contribution in [0.25, 0.3) is 27.5 Å². The molecule has 7 heterocycles. The van der Waals surface area contributed by atoms with Crippen LogP contribution in [0.4, 0.5) is 10.8 Å². The molecule has 0 spiro atoms. The van der Waals surface area contributed by atoms with Crippen LogP contribution in [0.3, 0.4) is 0 Å². The molecule has 46 heavy (non-hydrogen) atoms. The van der Waals surface area contributed by atoms with Crippen LogP contribution in [-0.4, -0.2) is 93.6 Å². The van der Waals surface area contributed by atoms with E-state index in [9.17, 15) is 10.1 Å². The molecule has 0 aromatic carbocycles. The van der Waals surface area contributed by atoms with Gasteiger partial charge in [0.05, 0.1) is 53.0 Å². The summed E-state index contributed by atoms with van der Waals surface area (Å²) in [6, 6.07) is 10.2. The number of nitrogens with zero attached hydrogens (tertiary/aromatic N) is 8. The number of likely N-dealkylation sites (tertiary alicyclic amines) is 1. The number of amides is 1. The van der Waals surface area contributed by atoms with Crippen molar-refractivity contribution in [3.8, 4) is 28.0 Å². The van der Waals surface area contributed by atoms with E-state index in [0.29, 0.717) is 30.6 Å². The van der Waals surface area contributed by atoms with Crippen molar-refractivity contribution in [2.45, 2.75) is 44.2 Å². The Morgan fingerprint density at radius 1 is 1.09 bits per heavy atom. The molecule has 2 bridgehead atoms. The third-order valence-electron chi connectivity index (χ3n) is 10.2. The molecule has 12 nitrogen and oxygen atoms in total. The second-order valence-corrected chi connectivity index (χ2v) is 14.7. The van der Waals surface area contributed by atoms with E-state index >= 15 is 0 Å². The number of anilines is 2. The van der Waals surface area contributed by atoms with E-state index in [0.717, 1.165) is 90.2 Å². The fraction of sp³-hybridized carbons (Fsp3) is 0.515. The molecule has 2 N–H and O–H groups in total. The molecule has 3 saturated heterocycles. The van der Waals surface area contributed by atoms with E-state index in [4.69, 9.17) is 9.72 Å². The van der Waals surface area contributed by atoms with Gasteiger partial charge in [-0.15, -0.1) is 10.2 Å². The highest BCUT2D eigenvalue weighted by Gasteiger charge is 2.44. The summed E-state index contributed by atoms with van der Waals surface area (Å²) in [5.41, 5.74) is 4.56. The maximum absolute atomic E-state index is 13.2. The Morgan fingerprint density at radius 3 is 2.59 bits per heavy atom. The average Bonchev–Trinajstić information content (AvgIpc) is 3.76. The zero-order chi connectivity index (χ0) is 31.4. The molecule has 4 aromatic heterocycles. The maximum Gasteiger partial charge on any atom is 0.223 e. The second kappa shape index (κ2) is 11.6. The van der Waals surface area contributed by atoms with Crippen LogP contribution in [0.5, 0.6) is 0 Å². The van der Waals surface area contributed by atoms with Gasteiger partial charge in [-0.2, -0.15) is 10.4 Å². The summed E-state index contributed by atoms with van der Waals surface area (Å²) in [6.45, 7) is 7.13. The van der Waals surface area contributed by atoms with Crippen LogP contribution >= 0.6 is 11.3 Å². The molecule has 1 aliphatic carbocycles. The highest BCUT2D eigenvalue weighted by atomic mass is 32.1. The fourth-order valence-electron chi connectivity index (χ4n) is 7.55. The summed E-state index contributed by atoms with van der Waals surface area (Å²) in [4.78, 5) is 22.7. The Balaban J connectivity index is 1.02. The van der Waals surface area contributed by atoms with Gasteiger partial charge in [0.1, 0.15) is 6.07 Å². The minimum Gasteiger partial charge on any atom is -0.376 e. The number of fused-ring (bicyclic) bond motifs is 3. The first kappa shape index (κ1) is 29.3. The van der Waals surface area contributed by atoms with E-state index in [-0.39, 0.29) is 23.4 Å². The molecule has 8 rings (SSSR count). The van der Waals surface area contributed by atoms with Crippen molar-refractivity contribution in [2.24, 2.45) is 17.8 Å². The number of hydrogen-bond acceptors (Lipinski definition) is 11. The van der Waals surface area contributed by atoms with Gasteiger partial charge in [0.15, 0.2) is 5.01 Å². The van der Waals surface area contributed by atoms with Crippen molar-refractivity contribution in [3.63, 3.8) is 0 Å². The number of hydrogen-bond donors (Lipinski definition) is 2. The molecular weight excluding hydrogens is 600 g/mol. The lowest BCUT2D eigenvalue weighted by molar-refractivity contribution is -0.127. The first-order valence-electron chi connectivity index (χ1n) is 16.2. The Bertz CT molecular complexity index is 1800. The Hall–Kier alpha value is -4.12. The molecule has 4 aliphatic rings. The van der Waals surface area contributed by atoms with Gasteiger partial charge in [-0.25, -0.2) is 4.52 Å². The summed E-state index contributed by atoms with van der Waals surface area (Å²) >= 11 is 1.59. The smallest absolute Gasteiger partial charge is 0.223 e. The first-order valence-corrected chi connectivity index (χ1v) is 17.0. The number of ether oxygens (including phenoxy) is 1. The molecule has 2 unspecified atom stereocenters. The van der Waals surface area contributed by atoms with Crippen LogP contribution < -0.4 is 15.5 Å². The maximum atomic E-state index is 13.2. The third-order valence-corrected chi connectivity index (χ3v) is 11.2. The molecule has 4 fully saturated rings. The van der Waals surface area contributed by atoms with E-state index in [1.807, 2.05) is 30.5 Å². The summed E-state index contributed by atoms with van der Waals surface area (Å²) < 4.78 is 7.34. The third kappa shape index (κ3) is 5.38. The number of carbonyl (C=O) groups excluding carboxylic acids is 1. The van der Waals surface area contributed by atoms with Crippen LogP contribution in [0.2, 0.25) is 0 Å². The Kier molecular flexibility index (Phi) is 7.38. The van der Waals surface area contributed by atoms with Crippen LogP contribution in [0.1, 0.15) is 38.2 Å². The summed E-state index contributed by atoms with van der Waals surface area (Å²) in [5.74, 6) is 1.24. The van der Waals surface area contributed by atoms with E-state index in [1.54, 1.807) is 22.0 Å². The molecule has 238 valence electrons. The average molecular weight is 639 g/mol. The SMILES string of the molecule is CN1CCC(C(=O)NC2C3CCC2CN(c2nnc(-c4cnc(-c5ccc6cc(C#N)cnn56)cc4NC4(C)COC4)s2)C3)CC1. The lowest BCUT2D eigenvalue weighted by atomic mass is 9.90. The van der Waals surface area contributed by atoms with Gasteiger partial charge in [0.2, 0.25) is 11.0 Å². The monoisotopic (exact) mass is 638 g/mol. The van der Waals surface area contributed by atoms with Crippen LogP contribution in [-0.2, 0) is 9.53 Å². The standard InChI is InChI=1S/C33H38N10O2S/c1-33(18-45-19-33)38-26-12-27(28-6-5-24-11-20(13-34)14-36-43(24)28)35-15-25(26)31-39-40-32(46-31)42-16-22-3-4-23(17-42)29(22)37-30(44)21-7-9-41(2)10-8-21/h5-6,11-12,14-15,21-23,29H,3-4,7-10,16-19H2,1-2H3,(H,35,38)(H,37,44). The normalized spacial score (nSPS) is 24.5. The highest BCUT2D eigenvalue weighted by Crippen LogP contribution is 2.42. The minimum atomic E-state index is -0.193. The second-order valence-electron chi connectivity index (χ2n) is 13.7. The lowest BCUT2D eigenvalue weighted by Gasteiger charge is -2.40. The molecule has 4 aromatic rings. The molecular formula is C33H38N10O2S. The number of piperidine rings is 2. The van der Waals surface area contributed by atoms with Gasteiger partial charge >= 0.3 is 0 Å². The molecule has 1 saturated carbocycles. The topological polar surface area (TPSA) is 137 Å². The van der Waals surface area contributed by atoms with E-state index in [2.05, 4.69) is 55.8 Å². The number of carbonyl (C=O) groups is 1. The van der Waals surface area contributed by atoms with Gasteiger partial charge in [-0.05, 0) is 88.8 Å². The fourth-order valence-corrected chi connectivity index (χ4v) is 8.44. The van der Waals surface area contributed by atoms with Crippen molar-refractivity contribution >= 4 is 33.6 Å². The highest BCUT2D eigenvalue weighted by molar-refractivity contribution is 7.18. The summed E-state index contributed by atoms with van der Waals surface area (Å²) in [7, 11) is 2.13. The van der Waals surface area contributed by atoms with E-state index in [1.165, 1.54) is 0 Å². The van der Waals surface area contributed by atoms with E-state index < -0.39 is 0 Å². The predicted octanol–water partition coefficient (Wildman–Crippen LogP) is 3.66. The van der Waals surface area contributed by atoms with Crippen molar-refractivity contribution in [1.82, 2.24) is 35.0 Å².